The summed E-state index contributed by atoms with van der Waals surface area (Å²) in [6, 6.07) is 16.9. The van der Waals surface area contributed by atoms with Gasteiger partial charge in [-0.25, -0.2) is 17.9 Å². The highest BCUT2D eigenvalue weighted by Gasteiger charge is 2.20. The number of anilines is 1. The molecule has 0 saturated carbocycles. The van der Waals surface area contributed by atoms with Gasteiger partial charge in [0.25, 0.3) is 0 Å². The molecule has 1 aromatic heterocycles. The summed E-state index contributed by atoms with van der Waals surface area (Å²) in [4.78, 5) is 12.4. The summed E-state index contributed by atoms with van der Waals surface area (Å²) in [7, 11) is 0. The zero-order chi connectivity index (χ0) is 23.4. The number of hydrogen-bond acceptors (Lipinski definition) is 3. The van der Waals surface area contributed by atoms with Crippen molar-refractivity contribution in [2.45, 2.75) is 19.8 Å². The predicted molar refractivity (Wildman–Crippen MR) is 118 cm³/mol. The van der Waals surface area contributed by atoms with Crippen LogP contribution in [0.5, 0.6) is 11.6 Å². The molecule has 4 rings (SSSR count). The molecule has 1 amide bonds. The van der Waals surface area contributed by atoms with Gasteiger partial charge in [-0.1, -0.05) is 12.1 Å². The largest absolute Gasteiger partial charge is 0.439 e. The van der Waals surface area contributed by atoms with Gasteiger partial charge in [0.2, 0.25) is 11.8 Å². The summed E-state index contributed by atoms with van der Waals surface area (Å²) in [5, 5.41) is 7.15. The minimum atomic E-state index is -0.465. The molecule has 1 heterocycles. The van der Waals surface area contributed by atoms with Gasteiger partial charge < -0.3 is 10.1 Å². The molecular weight excluding hydrogens is 431 g/mol. The van der Waals surface area contributed by atoms with Crippen LogP contribution < -0.4 is 10.1 Å². The average molecular weight is 451 g/mol. The Kier molecular flexibility index (Phi) is 6.44. The molecule has 0 atom stereocenters. The van der Waals surface area contributed by atoms with E-state index in [4.69, 9.17) is 4.74 Å². The number of carbonyl (C=O) groups is 1. The number of halogens is 3. The molecule has 1 N–H and O–H groups in total. The third-order valence-corrected chi connectivity index (χ3v) is 4.93. The topological polar surface area (TPSA) is 56.2 Å². The second kappa shape index (κ2) is 9.60. The van der Waals surface area contributed by atoms with E-state index in [1.165, 1.54) is 53.2 Å². The van der Waals surface area contributed by atoms with Crippen LogP contribution in [0.4, 0.5) is 18.9 Å². The molecular formula is C25H20F3N3O2. The summed E-state index contributed by atoms with van der Waals surface area (Å²) in [5.41, 5.74) is 2.14. The van der Waals surface area contributed by atoms with E-state index in [0.717, 1.165) is 0 Å². The molecule has 3 aromatic carbocycles. The normalized spacial score (nSPS) is 10.8. The van der Waals surface area contributed by atoms with E-state index in [0.29, 0.717) is 28.5 Å². The first-order valence-corrected chi connectivity index (χ1v) is 10.2. The first-order valence-electron chi connectivity index (χ1n) is 10.2. The molecule has 4 aromatic rings. The van der Waals surface area contributed by atoms with Crippen molar-refractivity contribution in [3.05, 3.63) is 102 Å². The SMILES string of the molecule is Cc1nn(-c2ccc(F)cc2)c(Oc2cccc(F)c2)c1CCC(=O)Nc1cccc(F)c1. The van der Waals surface area contributed by atoms with Crippen LogP contribution >= 0.6 is 0 Å². The van der Waals surface area contributed by atoms with Gasteiger partial charge in [0, 0.05) is 23.7 Å². The number of nitrogens with zero attached hydrogens (tertiary/aromatic N) is 2. The number of nitrogens with one attached hydrogen (secondary N) is 1. The van der Waals surface area contributed by atoms with Gasteiger partial charge in [-0.2, -0.15) is 5.10 Å². The molecule has 0 radical (unpaired) electrons. The lowest BCUT2D eigenvalue weighted by Crippen LogP contribution is -2.12. The Morgan fingerprint density at radius 2 is 1.64 bits per heavy atom. The van der Waals surface area contributed by atoms with Gasteiger partial charge in [0.15, 0.2) is 0 Å². The van der Waals surface area contributed by atoms with Crippen LogP contribution in [-0.2, 0) is 11.2 Å². The summed E-state index contributed by atoms with van der Waals surface area (Å²) in [6.45, 7) is 1.76. The number of rotatable bonds is 7. The molecule has 0 fully saturated rings. The van der Waals surface area contributed by atoms with Crippen molar-refractivity contribution in [1.82, 2.24) is 9.78 Å². The lowest BCUT2D eigenvalue weighted by atomic mass is 10.1. The highest BCUT2D eigenvalue weighted by atomic mass is 19.1. The van der Waals surface area contributed by atoms with Crippen molar-refractivity contribution in [2.24, 2.45) is 0 Å². The van der Waals surface area contributed by atoms with E-state index in [9.17, 15) is 18.0 Å². The predicted octanol–water partition coefficient (Wildman–Crippen LogP) is 5.96. The molecule has 5 nitrogen and oxygen atoms in total. The Labute approximate surface area is 188 Å². The maximum Gasteiger partial charge on any atom is 0.226 e. The molecule has 0 spiro atoms. The minimum absolute atomic E-state index is 0.0754. The van der Waals surface area contributed by atoms with Crippen LogP contribution in [0.1, 0.15) is 17.7 Å². The molecule has 0 bridgehead atoms. The Bertz CT molecular complexity index is 1290. The van der Waals surface area contributed by atoms with E-state index in [2.05, 4.69) is 10.4 Å². The summed E-state index contributed by atoms with van der Waals surface area (Å²) in [5.74, 6) is -1.08. The number of amides is 1. The van der Waals surface area contributed by atoms with Crippen molar-refractivity contribution < 1.29 is 22.7 Å². The third-order valence-electron chi connectivity index (χ3n) is 4.93. The van der Waals surface area contributed by atoms with Crippen LogP contribution in [0.15, 0.2) is 72.8 Å². The Morgan fingerprint density at radius 1 is 0.939 bits per heavy atom. The summed E-state index contributed by atoms with van der Waals surface area (Å²) < 4.78 is 48.0. The van der Waals surface area contributed by atoms with E-state index >= 15 is 0 Å². The highest BCUT2D eigenvalue weighted by molar-refractivity contribution is 5.90. The van der Waals surface area contributed by atoms with Crippen LogP contribution in [-0.4, -0.2) is 15.7 Å². The number of aromatic nitrogens is 2. The average Bonchev–Trinajstić information content (AvgIpc) is 3.08. The molecule has 0 aliphatic rings. The number of aryl methyl sites for hydroxylation is 1. The smallest absolute Gasteiger partial charge is 0.226 e. The quantitative estimate of drug-likeness (QED) is 0.377. The summed E-state index contributed by atoms with van der Waals surface area (Å²) >= 11 is 0. The second-order valence-electron chi connectivity index (χ2n) is 7.38. The fraction of sp³-hybridized carbons (Fsp3) is 0.120. The fourth-order valence-corrected chi connectivity index (χ4v) is 3.36. The molecule has 8 heteroatoms. The maximum absolute atomic E-state index is 13.7. The van der Waals surface area contributed by atoms with Crippen molar-refractivity contribution >= 4 is 11.6 Å². The van der Waals surface area contributed by atoms with Gasteiger partial charge in [0.05, 0.1) is 11.4 Å². The van der Waals surface area contributed by atoms with Gasteiger partial charge in [-0.15, -0.1) is 0 Å². The lowest BCUT2D eigenvalue weighted by molar-refractivity contribution is -0.116. The zero-order valence-corrected chi connectivity index (χ0v) is 17.7. The van der Waals surface area contributed by atoms with Crippen LogP contribution in [0.3, 0.4) is 0 Å². The Hall–Kier alpha value is -4.07. The van der Waals surface area contributed by atoms with E-state index in [1.807, 2.05) is 0 Å². The fourth-order valence-electron chi connectivity index (χ4n) is 3.36. The monoisotopic (exact) mass is 451 g/mol. The van der Waals surface area contributed by atoms with Crippen LogP contribution in [0.25, 0.3) is 5.69 Å². The van der Waals surface area contributed by atoms with E-state index < -0.39 is 17.5 Å². The minimum Gasteiger partial charge on any atom is -0.439 e. The van der Waals surface area contributed by atoms with E-state index in [-0.39, 0.29) is 24.5 Å². The highest BCUT2D eigenvalue weighted by Crippen LogP contribution is 2.32. The van der Waals surface area contributed by atoms with Gasteiger partial charge in [0.1, 0.15) is 23.2 Å². The first-order chi connectivity index (χ1) is 15.9. The van der Waals surface area contributed by atoms with Gasteiger partial charge >= 0.3 is 0 Å². The van der Waals surface area contributed by atoms with E-state index in [1.54, 1.807) is 31.2 Å². The lowest BCUT2D eigenvalue weighted by Gasteiger charge is -2.12. The molecule has 0 aliphatic heterocycles. The Balaban J connectivity index is 1.62. The second-order valence-corrected chi connectivity index (χ2v) is 7.38. The number of hydrogen-bond donors (Lipinski definition) is 1. The molecule has 33 heavy (non-hydrogen) atoms. The molecule has 0 unspecified atom stereocenters. The number of benzene rings is 3. The Morgan fingerprint density at radius 3 is 2.33 bits per heavy atom. The van der Waals surface area contributed by atoms with Crippen molar-refractivity contribution in [1.29, 1.82) is 0 Å². The number of carbonyl (C=O) groups excluding carboxylic acids is 1. The first kappa shape index (κ1) is 22.1. The number of ether oxygens (including phenoxy) is 1. The van der Waals surface area contributed by atoms with Gasteiger partial charge in [-0.3, -0.25) is 4.79 Å². The standard InChI is InChI=1S/C25H20F3N3O2/c1-16-23(12-13-24(32)29-20-6-2-4-18(27)14-20)25(33-22-7-3-5-19(28)15-22)31(30-16)21-10-8-17(26)9-11-21/h2-11,14-15H,12-13H2,1H3,(H,29,32). The summed E-state index contributed by atoms with van der Waals surface area (Å²) in [6.07, 6.45) is 0.338. The van der Waals surface area contributed by atoms with Gasteiger partial charge in [-0.05, 0) is 67.9 Å². The van der Waals surface area contributed by atoms with Crippen LogP contribution in [0.2, 0.25) is 0 Å². The van der Waals surface area contributed by atoms with Crippen molar-refractivity contribution in [3.63, 3.8) is 0 Å². The van der Waals surface area contributed by atoms with Crippen molar-refractivity contribution in [2.75, 3.05) is 5.32 Å². The van der Waals surface area contributed by atoms with Crippen LogP contribution in [0, 0.1) is 24.4 Å². The molecule has 0 saturated heterocycles. The zero-order valence-electron chi connectivity index (χ0n) is 17.7. The maximum atomic E-state index is 13.7. The molecule has 168 valence electrons. The van der Waals surface area contributed by atoms with Crippen molar-refractivity contribution in [3.8, 4) is 17.3 Å². The molecule has 0 aliphatic carbocycles. The third kappa shape index (κ3) is 5.41.